The van der Waals surface area contributed by atoms with Crippen LogP contribution >= 0.6 is 11.8 Å². The van der Waals surface area contributed by atoms with Crippen LogP contribution in [0, 0.1) is 23.7 Å². The molecule has 4 saturated carbocycles. The number of hydrogen-bond donors (Lipinski definition) is 1. The molecule has 3 nitrogen and oxygen atoms in total. The molecule has 2 aliphatic heterocycles. The fourth-order valence-corrected chi connectivity index (χ4v) is 8.74. The number of nitrogens with zero attached hydrogens (tertiary/aromatic N) is 1. The largest absolute Gasteiger partial charge is 0.350 e. The molecular formula is C22H36N2OS. The molecule has 0 spiro atoms. The first-order chi connectivity index (χ1) is 12.7. The van der Waals surface area contributed by atoms with Gasteiger partial charge in [0.25, 0.3) is 0 Å². The van der Waals surface area contributed by atoms with E-state index in [0.717, 1.165) is 29.7 Å². The summed E-state index contributed by atoms with van der Waals surface area (Å²) in [5, 5.41) is 3.55. The van der Waals surface area contributed by atoms with Gasteiger partial charge < -0.3 is 10.2 Å². The van der Waals surface area contributed by atoms with Gasteiger partial charge in [0.15, 0.2) is 0 Å². The van der Waals surface area contributed by atoms with Gasteiger partial charge >= 0.3 is 0 Å². The number of fused-ring (bicyclic) bond motifs is 1. The van der Waals surface area contributed by atoms with Crippen LogP contribution in [0.3, 0.4) is 0 Å². The van der Waals surface area contributed by atoms with E-state index in [4.69, 9.17) is 0 Å². The molecule has 6 aliphatic rings. The molecule has 0 aromatic carbocycles. The molecule has 2 saturated heterocycles. The number of thioether (sulfide) groups is 1. The standard InChI is InChI=1S/C22H36N2OS/c25-21(23-22-11-16-8-17(12-22)10-18(9-16)13-22)15-26-14-19-4-3-7-24-6-2-1-5-20(19)24/h16-20H,1-15H2,(H,23,25)/t16?,17?,18?,19-,20+,22?/m0/s1. The third kappa shape index (κ3) is 3.57. The number of piperidine rings is 2. The van der Waals surface area contributed by atoms with Gasteiger partial charge in [0, 0.05) is 11.6 Å². The maximum Gasteiger partial charge on any atom is 0.230 e. The van der Waals surface area contributed by atoms with Crippen LogP contribution in [-0.4, -0.2) is 47.0 Å². The summed E-state index contributed by atoms with van der Waals surface area (Å²) >= 11 is 1.91. The summed E-state index contributed by atoms with van der Waals surface area (Å²) in [4.78, 5) is 15.5. The van der Waals surface area contributed by atoms with Crippen LogP contribution < -0.4 is 5.32 Å². The Labute approximate surface area is 163 Å². The van der Waals surface area contributed by atoms with Crippen molar-refractivity contribution in [2.75, 3.05) is 24.6 Å². The Kier molecular flexibility index (Phi) is 5.02. The average Bonchev–Trinajstić information content (AvgIpc) is 2.60. The number of rotatable bonds is 5. The molecule has 4 bridgehead atoms. The molecule has 4 aliphatic carbocycles. The smallest absolute Gasteiger partial charge is 0.230 e. The Morgan fingerprint density at radius 1 is 0.962 bits per heavy atom. The van der Waals surface area contributed by atoms with E-state index in [1.54, 1.807) is 0 Å². The third-order valence-corrected chi connectivity index (χ3v) is 9.37. The number of amides is 1. The zero-order chi connectivity index (χ0) is 17.6. The molecule has 26 heavy (non-hydrogen) atoms. The second-order valence-electron chi connectivity index (χ2n) is 10.3. The van der Waals surface area contributed by atoms with Gasteiger partial charge in [0.05, 0.1) is 5.75 Å². The number of carbonyl (C=O) groups is 1. The maximum absolute atomic E-state index is 12.7. The topological polar surface area (TPSA) is 32.3 Å². The van der Waals surface area contributed by atoms with Crippen LogP contribution in [0.15, 0.2) is 0 Å². The quantitative estimate of drug-likeness (QED) is 0.785. The van der Waals surface area contributed by atoms with Gasteiger partial charge in [-0.05, 0) is 107 Å². The van der Waals surface area contributed by atoms with Gasteiger partial charge in [-0.3, -0.25) is 4.79 Å². The molecular weight excluding hydrogens is 340 g/mol. The first-order valence-corrected chi connectivity index (χ1v) is 12.5. The van der Waals surface area contributed by atoms with Crippen molar-refractivity contribution < 1.29 is 4.79 Å². The third-order valence-electron chi connectivity index (χ3n) is 8.24. The minimum Gasteiger partial charge on any atom is -0.350 e. The highest BCUT2D eigenvalue weighted by Crippen LogP contribution is 2.55. The molecule has 1 N–H and O–H groups in total. The molecule has 0 aromatic heterocycles. The van der Waals surface area contributed by atoms with Gasteiger partial charge in [-0.15, -0.1) is 0 Å². The minimum absolute atomic E-state index is 0.192. The van der Waals surface area contributed by atoms with E-state index >= 15 is 0 Å². The Morgan fingerprint density at radius 3 is 2.38 bits per heavy atom. The fourth-order valence-electron chi connectivity index (χ4n) is 7.67. The Hall–Kier alpha value is -0.220. The van der Waals surface area contributed by atoms with Crippen molar-refractivity contribution >= 4 is 17.7 Å². The van der Waals surface area contributed by atoms with Crippen LogP contribution in [0.25, 0.3) is 0 Å². The van der Waals surface area contributed by atoms with Crippen molar-refractivity contribution in [1.29, 1.82) is 0 Å². The summed E-state index contributed by atoms with van der Waals surface area (Å²) in [6.07, 6.45) is 15.1. The van der Waals surface area contributed by atoms with Crippen LogP contribution in [0.5, 0.6) is 0 Å². The normalized spacial score (nSPS) is 44.7. The molecule has 1 amide bonds. The van der Waals surface area contributed by atoms with E-state index in [9.17, 15) is 4.79 Å². The van der Waals surface area contributed by atoms with Crippen LogP contribution in [0.2, 0.25) is 0 Å². The monoisotopic (exact) mass is 376 g/mol. The van der Waals surface area contributed by atoms with E-state index in [1.807, 2.05) is 11.8 Å². The van der Waals surface area contributed by atoms with Crippen molar-refractivity contribution in [1.82, 2.24) is 10.2 Å². The lowest BCUT2D eigenvalue weighted by Crippen LogP contribution is -2.60. The molecule has 0 unspecified atom stereocenters. The predicted octanol–water partition coefficient (Wildman–Crippen LogP) is 4.07. The molecule has 4 heteroatoms. The summed E-state index contributed by atoms with van der Waals surface area (Å²) in [7, 11) is 0. The predicted molar refractivity (Wildman–Crippen MR) is 108 cm³/mol. The average molecular weight is 377 g/mol. The highest BCUT2D eigenvalue weighted by Gasteiger charge is 2.51. The zero-order valence-electron chi connectivity index (χ0n) is 16.3. The van der Waals surface area contributed by atoms with Crippen LogP contribution in [0.1, 0.15) is 70.6 Å². The van der Waals surface area contributed by atoms with Gasteiger partial charge in [-0.2, -0.15) is 11.8 Å². The number of hydrogen-bond acceptors (Lipinski definition) is 3. The van der Waals surface area contributed by atoms with Crippen molar-refractivity contribution in [3.63, 3.8) is 0 Å². The summed E-state index contributed by atoms with van der Waals surface area (Å²) in [6, 6.07) is 0.816. The highest BCUT2D eigenvalue weighted by molar-refractivity contribution is 7.99. The lowest BCUT2D eigenvalue weighted by Gasteiger charge is -2.56. The van der Waals surface area contributed by atoms with Crippen LogP contribution in [-0.2, 0) is 4.79 Å². The second-order valence-corrected chi connectivity index (χ2v) is 11.3. The van der Waals surface area contributed by atoms with Gasteiger partial charge in [0.1, 0.15) is 0 Å². The lowest BCUT2D eigenvalue weighted by molar-refractivity contribution is -0.124. The first-order valence-electron chi connectivity index (χ1n) is 11.3. The van der Waals surface area contributed by atoms with E-state index in [-0.39, 0.29) is 5.54 Å². The molecule has 2 atom stereocenters. The Balaban J connectivity index is 1.10. The molecule has 6 rings (SSSR count). The van der Waals surface area contributed by atoms with Gasteiger partial charge in [0.2, 0.25) is 5.91 Å². The summed E-state index contributed by atoms with van der Waals surface area (Å²) in [5.41, 5.74) is 0.192. The Morgan fingerprint density at radius 2 is 1.65 bits per heavy atom. The Bertz CT molecular complexity index is 499. The minimum atomic E-state index is 0.192. The highest BCUT2D eigenvalue weighted by atomic mass is 32.2. The molecule has 2 heterocycles. The van der Waals surface area contributed by atoms with Crippen molar-refractivity contribution in [2.24, 2.45) is 23.7 Å². The second kappa shape index (κ2) is 7.31. The zero-order valence-corrected chi connectivity index (χ0v) is 17.1. The fraction of sp³-hybridized carbons (Fsp3) is 0.955. The van der Waals surface area contributed by atoms with Crippen molar-refractivity contribution in [2.45, 2.75) is 82.2 Å². The van der Waals surface area contributed by atoms with E-state index in [1.165, 1.54) is 89.5 Å². The van der Waals surface area contributed by atoms with E-state index in [0.29, 0.717) is 11.7 Å². The lowest BCUT2D eigenvalue weighted by atomic mass is 9.53. The molecule has 146 valence electrons. The molecule has 0 radical (unpaired) electrons. The SMILES string of the molecule is O=C(CSC[C@@H]1CCCN2CCCC[C@H]12)NC12CC3CC(CC(C3)C1)C2. The molecule has 0 aromatic rings. The summed E-state index contributed by atoms with van der Waals surface area (Å²) in [5.74, 6) is 5.76. The van der Waals surface area contributed by atoms with Gasteiger partial charge in [-0.25, -0.2) is 0 Å². The molecule has 6 fully saturated rings. The summed E-state index contributed by atoms with van der Waals surface area (Å²) < 4.78 is 0. The first kappa shape index (κ1) is 17.8. The maximum atomic E-state index is 12.7. The van der Waals surface area contributed by atoms with Gasteiger partial charge in [-0.1, -0.05) is 6.42 Å². The van der Waals surface area contributed by atoms with E-state index in [2.05, 4.69) is 10.2 Å². The van der Waals surface area contributed by atoms with Crippen molar-refractivity contribution in [3.8, 4) is 0 Å². The van der Waals surface area contributed by atoms with Crippen LogP contribution in [0.4, 0.5) is 0 Å². The number of carbonyl (C=O) groups excluding carboxylic acids is 1. The van der Waals surface area contributed by atoms with Crippen molar-refractivity contribution in [3.05, 3.63) is 0 Å². The number of nitrogens with one attached hydrogen (secondary N) is 1. The van der Waals surface area contributed by atoms with E-state index < -0.39 is 0 Å². The summed E-state index contributed by atoms with van der Waals surface area (Å²) in [6.45, 7) is 2.64.